The highest BCUT2D eigenvalue weighted by Gasteiger charge is 2.17. The van der Waals surface area contributed by atoms with Crippen molar-refractivity contribution in [1.29, 1.82) is 0 Å². The maximum Gasteiger partial charge on any atom is 0.258 e. The molecule has 2 heterocycles. The molecule has 0 radical (unpaired) electrons. The Hall–Kier alpha value is -1.84. The SMILES string of the molecule is CC(C)(C)c1cc(=O)n2cccc(O)c2n1. The van der Waals surface area contributed by atoms with E-state index < -0.39 is 0 Å². The fraction of sp³-hybridized carbons (Fsp3) is 0.333. The van der Waals surface area contributed by atoms with Crippen molar-refractivity contribution in [1.82, 2.24) is 9.38 Å². The molecule has 0 aliphatic rings. The molecule has 0 spiro atoms. The zero-order chi connectivity index (χ0) is 11.9. The molecule has 84 valence electrons. The highest BCUT2D eigenvalue weighted by Crippen LogP contribution is 2.21. The fourth-order valence-corrected chi connectivity index (χ4v) is 1.49. The number of nitrogens with zero attached hydrogens (tertiary/aromatic N) is 2. The summed E-state index contributed by atoms with van der Waals surface area (Å²) in [5.41, 5.74) is 0.598. The van der Waals surface area contributed by atoms with E-state index in [9.17, 15) is 9.90 Å². The van der Waals surface area contributed by atoms with Gasteiger partial charge in [0.25, 0.3) is 5.56 Å². The van der Waals surface area contributed by atoms with Crippen LogP contribution in [-0.4, -0.2) is 14.5 Å². The van der Waals surface area contributed by atoms with E-state index in [1.165, 1.54) is 16.5 Å². The van der Waals surface area contributed by atoms with Gasteiger partial charge in [0, 0.05) is 17.7 Å². The third-order valence-electron chi connectivity index (χ3n) is 2.44. The van der Waals surface area contributed by atoms with Crippen molar-refractivity contribution in [2.75, 3.05) is 0 Å². The Morgan fingerprint density at radius 3 is 2.69 bits per heavy atom. The van der Waals surface area contributed by atoms with Crippen molar-refractivity contribution in [3.63, 3.8) is 0 Å². The Morgan fingerprint density at radius 2 is 2.06 bits per heavy atom. The summed E-state index contributed by atoms with van der Waals surface area (Å²) in [5, 5.41) is 9.66. The molecule has 1 N–H and O–H groups in total. The van der Waals surface area contributed by atoms with Gasteiger partial charge < -0.3 is 5.11 Å². The van der Waals surface area contributed by atoms with E-state index in [-0.39, 0.29) is 16.7 Å². The molecule has 0 unspecified atom stereocenters. The van der Waals surface area contributed by atoms with E-state index in [0.29, 0.717) is 11.3 Å². The second-order valence-electron chi connectivity index (χ2n) is 4.82. The van der Waals surface area contributed by atoms with Gasteiger partial charge in [0.2, 0.25) is 0 Å². The lowest BCUT2D eigenvalue weighted by Gasteiger charge is -2.17. The maximum atomic E-state index is 11.8. The van der Waals surface area contributed by atoms with E-state index >= 15 is 0 Å². The van der Waals surface area contributed by atoms with Gasteiger partial charge in [-0.25, -0.2) is 4.98 Å². The number of aromatic nitrogens is 2. The highest BCUT2D eigenvalue weighted by molar-refractivity contribution is 5.52. The molecular formula is C12H14N2O2. The summed E-state index contributed by atoms with van der Waals surface area (Å²) < 4.78 is 1.34. The molecule has 2 aromatic heterocycles. The zero-order valence-corrected chi connectivity index (χ0v) is 9.56. The number of pyridine rings is 1. The number of rotatable bonds is 0. The minimum atomic E-state index is -0.212. The second kappa shape index (κ2) is 3.33. The maximum absolute atomic E-state index is 11.8. The quantitative estimate of drug-likeness (QED) is 0.732. The van der Waals surface area contributed by atoms with E-state index in [1.54, 1.807) is 12.3 Å². The van der Waals surface area contributed by atoms with Crippen LogP contribution in [0.25, 0.3) is 5.65 Å². The van der Waals surface area contributed by atoms with Crippen LogP contribution >= 0.6 is 0 Å². The smallest absolute Gasteiger partial charge is 0.258 e. The molecule has 0 aliphatic heterocycles. The van der Waals surface area contributed by atoms with Gasteiger partial charge in [0.15, 0.2) is 11.4 Å². The average Bonchev–Trinajstić information content (AvgIpc) is 2.18. The number of hydrogen-bond donors (Lipinski definition) is 1. The van der Waals surface area contributed by atoms with Gasteiger partial charge in [-0.2, -0.15) is 0 Å². The van der Waals surface area contributed by atoms with Crippen molar-refractivity contribution < 1.29 is 5.11 Å². The topological polar surface area (TPSA) is 54.6 Å². The molecule has 0 fully saturated rings. The lowest BCUT2D eigenvalue weighted by Crippen LogP contribution is -2.21. The van der Waals surface area contributed by atoms with Crippen LogP contribution in [0.5, 0.6) is 5.75 Å². The van der Waals surface area contributed by atoms with Gasteiger partial charge in [0.05, 0.1) is 5.69 Å². The molecule has 4 nitrogen and oxygen atoms in total. The Balaban J connectivity index is 2.86. The normalized spacial score (nSPS) is 11.9. The van der Waals surface area contributed by atoms with Gasteiger partial charge in [-0.05, 0) is 12.1 Å². The first-order chi connectivity index (χ1) is 7.39. The molecule has 0 saturated carbocycles. The van der Waals surface area contributed by atoms with Gasteiger partial charge in [-0.3, -0.25) is 9.20 Å². The summed E-state index contributed by atoms with van der Waals surface area (Å²) in [7, 11) is 0. The Bertz CT molecular complexity index is 594. The van der Waals surface area contributed by atoms with Crippen LogP contribution in [0.1, 0.15) is 26.5 Å². The molecule has 2 rings (SSSR count). The summed E-state index contributed by atoms with van der Waals surface area (Å²) >= 11 is 0. The lowest BCUT2D eigenvalue weighted by molar-refractivity contribution is 0.475. The van der Waals surface area contributed by atoms with Crippen LogP contribution < -0.4 is 5.56 Å². The predicted octanol–water partition coefficient (Wildman–Crippen LogP) is 1.70. The van der Waals surface area contributed by atoms with Crippen LogP contribution in [0.4, 0.5) is 0 Å². The minimum Gasteiger partial charge on any atom is -0.504 e. The van der Waals surface area contributed by atoms with Gasteiger partial charge >= 0.3 is 0 Å². The van der Waals surface area contributed by atoms with Crippen LogP contribution in [0.2, 0.25) is 0 Å². The molecule has 4 heteroatoms. The molecule has 0 aromatic carbocycles. The van der Waals surface area contributed by atoms with E-state index in [2.05, 4.69) is 4.98 Å². The largest absolute Gasteiger partial charge is 0.504 e. The van der Waals surface area contributed by atoms with Crippen LogP contribution in [0.3, 0.4) is 0 Å². The highest BCUT2D eigenvalue weighted by atomic mass is 16.3. The van der Waals surface area contributed by atoms with Crippen LogP contribution in [0, 0.1) is 0 Å². The number of aromatic hydroxyl groups is 1. The Morgan fingerprint density at radius 1 is 1.38 bits per heavy atom. The monoisotopic (exact) mass is 218 g/mol. The minimum absolute atomic E-state index is 0.0192. The first-order valence-corrected chi connectivity index (χ1v) is 5.11. The third-order valence-corrected chi connectivity index (χ3v) is 2.44. The number of fused-ring (bicyclic) bond motifs is 1. The van der Waals surface area contributed by atoms with Gasteiger partial charge in [-0.1, -0.05) is 20.8 Å². The van der Waals surface area contributed by atoms with E-state index in [4.69, 9.17) is 0 Å². The van der Waals surface area contributed by atoms with Gasteiger partial charge in [0.1, 0.15) is 0 Å². The number of hydrogen-bond acceptors (Lipinski definition) is 3. The molecule has 0 saturated heterocycles. The molecule has 0 amide bonds. The van der Waals surface area contributed by atoms with Crippen molar-refractivity contribution in [2.45, 2.75) is 26.2 Å². The summed E-state index contributed by atoms with van der Waals surface area (Å²) in [4.78, 5) is 16.1. The van der Waals surface area contributed by atoms with Crippen molar-refractivity contribution in [3.05, 3.63) is 40.4 Å². The molecular weight excluding hydrogens is 204 g/mol. The van der Waals surface area contributed by atoms with Crippen molar-refractivity contribution in [2.24, 2.45) is 0 Å². The van der Waals surface area contributed by atoms with E-state index in [1.807, 2.05) is 20.8 Å². The molecule has 0 atom stereocenters. The van der Waals surface area contributed by atoms with Crippen molar-refractivity contribution in [3.8, 4) is 5.75 Å². The summed E-state index contributed by atoms with van der Waals surface area (Å²) in [5.74, 6) is 0.0192. The molecule has 0 bridgehead atoms. The van der Waals surface area contributed by atoms with Crippen LogP contribution in [-0.2, 0) is 5.41 Å². The second-order valence-corrected chi connectivity index (χ2v) is 4.82. The third kappa shape index (κ3) is 1.66. The lowest BCUT2D eigenvalue weighted by atomic mass is 9.92. The van der Waals surface area contributed by atoms with E-state index in [0.717, 1.165) is 0 Å². The fourth-order valence-electron chi connectivity index (χ4n) is 1.49. The zero-order valence-electron chi connectivity index (χ0n) is 9.56. The molecule has 0 aliphatic carbocycles. The average molecular weight is 218 g/mol. The predicted molar refractivity (Wildman–Crippen MR) is 61.8 cm³/mol. The first kappa shape index (κ1) is 10.7. The Labute approximate surface area is 93.2 Å². The first-order valence-electron chi connectivity index (χ1n) is 5.11. The standard InChI is InChI=1S/C12H14N2O2/c1-12(2,3)9-7-10(16)14-6-4-5-8(15)11(14)13-9/h4-7,15H,1-3H3. The summed E-state index contributed by atoms with van der Waals surface area (Å²) in [6.45, 7) is 5.93. The van der Waals surface area contributed by atoms with Gasteiger partial charge in [-0.15, -0.1) is 0 Å². The molecule has 2 aromatic rings. The van der Waals surface area contributed by atoms with Crippen LogP contribution in [0.15, 0.2) is 29.2 Å². The molecule has 16 heavy (non-hydrogen) atoms. The Kier molecular flexibility index (Phi) is 2.22. The van der Waals surface area contributed by atoms with Crippen molar-refractivity contribution >= 4 is 5.65 Å². The summed E-state index contributed by atoms with van der Waals surface area (Å²) in [6, 6.07) is 4.64. The summed E-state index contributed by atoms with van der Waals surface area (Å²) in [6.07, 6.45) is 1.59.